The Hall–Kier alpha value is -0.930. The van der Waals surface area contributed by atoms with Crippen molar-refractivity contribution in [1.29, 1.82) is 0 Å². The number of rotatable bonds is 2. The van der Waals surface area contributed by atoms with Gasteiger partial charge in [0.05, 0.1) is 5.69 Å². The van der Waals surface area contributed by atoms with Crippen LogP contribution in [0.15, 0.2) is 24.4 Å². The van der Waals surface area contributed by atoms with E-state index in [1.807, 2.05) is 19.4 Å². The summed E-state index contributed by atoms with van der Waals surface area (Å²) in [5, 5.41) is 3.63. The summed E-state index contributed by atoms with van der Waals surface area (Å²) in [5.41, 5.74) is 0.937. The molecular weight excluding hydrogens is 212 g/mol. The normalized spacial score (nSPS) is 36.8. The molecule has 92 valence electrons. The van der Waals surface area contributed by atoms with Gasteiger partial charge in [-0.3, -0.25) is 4.98 Å². The van der Waals surface area contributed by atoms with Crippen LogP contribution >= 0.6 is 0 Å². The summed E-state index contributed by atoms with van der Waals surface area (Å²) in [6, 6.07) is 6.73. The van der Waals surface area contributed by atoms with Crippen LogP contribution in [0.25, 0.3) is 0 Å². The van der Waals surface area contributed by atoms with E-state index in [2.05, 4.69) is 22.4 Å². The van der Waals surface area contributed by atoms with E-state index in [4.69, 9.17) is 4.74 Å². The zero-order valence-corrected chi connectivity index (χ0v) is 10.4. The molecule has 3 nitrogen and oxygen atoms in total. The minimum absolute atomic E-state index is 0.159. The molecule has 0 spiro atoms. The highest BCUT2D eigenvalue weighted by molar-refractivity contribution is 5.18. The highest BCUT2D eigenvalue weighted by Crippen LogP contribution is 2.46. The molecule has 3 rings (SSSR count). The Bertz CT molecular complexity index is 365. The molecule has 1 saturated heterocycles. The molecule has 0 amide bonds. The van der Waals surface area contributed by atoms with Crippen LogP contribution < -0.4 is 5.32 Å². The van der Waals surface area contributed by atoms with Crippen LogP contribution in [0.2, 0.25) is 0 Å². The Kier molecular flexibility index (Phi) is 2.89. The first kappa shape index (κ1) is 11.2. The molecule has 2 heterocycles. The van der Waals surface area contributed by atoms with Crippen LogP contribution in [0.4, 0.5) is 0 Å². The van der Waals surface area contributed by atoms with E-state index >= 15 is 0 Å². The minimum atomic E-state index is -0.159. The number of ether oxygens (including phenoxy) is 1. The summed E-state index contributed by atoms with van der Waals surface area (Å²) in [5.74, 6) is 0.755. The van der Waals surface area contributed by atoms with Crippen molar-refractivity contribution in [3.05, 3.63) is 30.1 Å². The summed E-state index contributed by atoms with van der Waals surface area (Å²) in [4.78, 5) is 4.51. The van der Waals surface area contributed by atoms with E-state index in [1.165, 1.54) is 12.8 Å². The molecule has 0 radical (unpaired) electrons. The monoisotopic (exact) mass is 232 g/mol. The summed E-state index contributed by atoms with van der Waals surface area (Å²) >= 11 is 0. The van der Waals surface area contributed by atoms with Gasteiger partial charge in [0.25, 0.3) is 0 Å². The first-order chi connectivity index (χ1) is 8.34. The van der Waals surface area contributed by atoms with Gasteiger partial charge >= 0.3 is 0 Å². The molecule has 1 saturated carbocycles. The molecule has 1 aliphatic carbocycles. The zero-order chi connectivity index (χ0) is 11.7. The highest BCUT2D eigenvalue weighted by Gasteiger charge is 2.48. The third kappa shape index (κ3) is 1.87. The van der Waals surface area contributed by atoms with E-state index in [0.717, 1.165) is 31.0 Å². The Balaban J connectivity index is 1.89. The Morgan fingerprint density at radius 1 is 1.41 bits per heavy atom. The maximum atomic E-state index is 5.87. The molecule has 0 aromatic carbocycles. The molecule has 1 aliphatic heterocycles. The van der Waals surface area contributed by atoms with Crippen LogP contribution in [-0.4, -0.2) is 24.7 Å². The average molecular weight is 232 g/mol. The number of piperidine rings is 1. The molecule has 3 atom stereocenters. The van der Waals surface area contributed by atoms with E-state index in [-0.39, 0.29) is 5.60 Å². The molecule has 0 bridgehead atoms. The van der Waals surface area contributed by atoms with Crippen LogP contribution in [0.5, 0.6) is 0 Å². The Labute approximate surface area is 103 Å². The van der Waals surface area contributed by atoms with Gasteiger partial charge in [0, 0.05) is 19.3 Å². The van der Waals surface area contributed by atoms with Gasteiger partial charge < -0.3 is 10.1 Å². The van der Waals surface area contributed by atoms with Crippen molar-refractivity contribution in [2.75, 3.05) is 13.7 Å². The number of fused-ring (bicyclic) bond motifs is 1. The lowest BCUT2D eigenvalue weighted by Crippen LogP contribution is -2.38. The molecule has 17 heavy (non-hydrogen) atoms. The Morgan fingerprint density at radius 2 is 2.35 bits per heavy atom. The number of nitrogens with zero attached hydrogens (tertiary/aromatic N) is 1. The lowest BCUT2D eigenvalue weighted by Gasteiger charge is -2.27. The SMILES string of the molecule is COC1(c2ccccn2)CC2CCCNC2C1. The molecular formula is C14H20N2O. The van der Waals surface area contributed by atoms with Crippen LogP contribution in [0.1, 0.15) is 31.4 Å². The first-order valence-electron chi connectivity index (χ1n) is 6.54. The van der Waals surface area contributed by atoms with Crippen molar-refractivity contribution in [3.63, 3.8) is 0 Å². The molecule has 3 unspecified atom stereocenters. The van der Waals surface area contributed by atoms with E-state index in [0.29, 0.717) is 6.04 Å². The van der Waals surface area contributed by atoms with Gasteiger partial charge in [-0.2, -0.15) is 0 Å². The van der Waals surface area contributed by atoms with Gasteiger partial charge in [-0.1, -0.05) is 6.07 Å². The standard InChI is InChI=1S/C14H20N2O/c1-17-14(13-6-2-3-7-16-13)9-11-5-4-8-15-12(11)10-14/h2-3,6-7,11-12,15H,4-5,8-10H2,1H3. The quantitative estimate of drug-likeness (QED) is 0.847. The molecule has 1 aromatic rings. The number of nitrogens with one attached hydrogen (secondary N) is 1. The second-order valence-electron chi connectivity index (χ2n) is 5.28. The molecule has 3 heteroatoms. The smallest absolute Gasteiger partial charge is 0.111 e. The fourth-order valence-electron chi connectivity index (χ4n) is 3.48. The first-order valence-corrected chi connectivity index (χ1v) is 6.54. The lowest BCUT2D eigenvalue weighted by molar-refractivity contribution is -0.0166. The Morgan fingerprint density at radius 3 is 3.06 bits per heavy atom. The molecule has 2 fully saturated rings. The van der Waals surface area contributed by atoms with Crippen LogP contribution in [0, 0.1) is 5.92 Å². The van der Waals surface area contributed by atoms with E-state index < -0.39 is 0 Å². The number of hydrogen-bond acceptors (Lipinski definition) is 3. The minimum Gasteiger partial charge on any atom is -0.372 e. The van der Waals surface area contributed by atoms with E-state index in [9.17, 15) is 0 Å². The fourth-order valence-corrected chi connectivity index (χ4v) is 3.48. The lowest BCUT2D eigenvalue weighted by atomic mass is 9.92. The second kappa shape index (κ2) is 4.39. The van der Waals surface area contributed by atoms with Crippen LogP contribution in [-0.2, 0) is 10.3 Å². The topological polar surface area (TPSA) is 34.1 Å². The van der Waals surface area contributed by atoms with Crippen molar-refractivity contribution in [3.8, 4) is 0 Å². The summed E-state index contributed by atoms with van der Waals surface area (Å²) < 4.78 is 5.87. The van der Waals surface area contributed by atoms with Gasteiger partial charge in [-0.05, 0) is 50.3 Å². The summed E-state index contributed by atoms with van der Waals surface area (Å²) in [7, 11) is 1.83. The average Bonchev–Trinajstić information content (AvgIpc) is 2.79. The second-order valence-corrected chi connectivity index (χ2v) is 5.28. The van der Waals surface area contributed by atoms with Crippen molar-refractivity contribution in [2.24, 2.45) is 5.92 Å². The van der Waals surface area contributed by atoms with Crippen LogP contribution in [0.3, 0.4) is 0 Å². The molecule has 1 aromatic heterocycles. The highest BCUT2D eigenvalue weighted by atomic mass is 16.5. The van der Waals surface area contributed by atoms with Gasteiger partial charge in [0.2, 0.25) is 0 Å². The number of methoxy groups -OCH3 is 1. The predicted molar refractivity (Wildman–Crippen MR) is 66.7 cm³/mol. The maximum absolute atomic E-state index is 5.87. The van der Waals surface area contributed by atoms with Crippen molar-refractivity contribution in [1.82, 2.24) is 10.3 Å². The van der Waals surface area contributed by atoms with Crippen molar-refractivity contribution < 1.29 is 4.74 Å². The van der Waals surface area contributed by atoms with Gasteiger partial charge in [-0.15, -0.1) is 0 Å². The maximum Gasteiger partial charge on any atom is 0.111 e. The fraction of sp³-hybridized carbons (Fsp3) is 0.643. The third-order valence-corrected chi connectivity index (χ3v) is 4.39. The third-order valence-electron chi connectivity index (χ3n) is 4.39. The van der Waals surface area contributed by atoms with E-state index in [1.54, 1.807) is 0 Å². The number of hydrogen-bond donors (Lipinski definition) is 1. The molecule has 1 N–H and O–H groups in total. The van der Waals surface area contributed by atoms with Gasteiger partial charge in [0.15, 0.2) is 0 Å². The van der Waals surface area contributed by atoms with Gasteiger partial charge in [0.1, 0.15) is 5.60 Å². The van der Waals surface area contributed by atoms with Crippen molar-refractivity contribution in [2.45, 2.75) is 37.3 Å². The summed E-state index contributed by atoms with van der Waals surface area (Å²) in [6.45, 7) is 1.16. The number of pyridine rings is 1. The van der Waals surface area contributed by atoms with Crippen molar-refractivity contribution >= 4 is 0 Å². The predicted octanol–water partition coefficient (Wildman–Crippen LogP) is 2.09. The largest absolute Gasteiger partial charge is 0.372 e. The number of aromatic nitrogens is 1. The molecule has 2 aliphatic rings. The summed E-state index contributed by atoms with van der Waals surface area (Å²) in [6.07, 6.45) is 6.66. The zero-order valence-electron chi connectivity index (χ0n) is 10.4. The van der Waals surface area contributed by atoms with Gasteiger partial charge in [-0.25, -0.2) is 0 Å².